The largest absolute Gasteiger partial charge is 0.493 e. The van der Waals surface area contributed by atoms with E-state index in [9.17, 15) is 4.79 Å². The number of pyridine rings is 1. The number of carbonyl (C=O) groups is 1. The molecule has 7 heteroatoms. The van der Waals surface area contributed by atoms with Crippen LogP contribution >= 0.6 is 0 Å². The van der Waals surface area contributed by atoms with E-state index in [1.54, 1.807) is 37.8 Å². The molecular formula is C18H18N4O3. The predicted octanol–water partition coefficient (Wildman–Crippen LogP) is 2.42. The molecule has 128 valence electrons. The molecule has 0 radical (unpaired) electrons. The van der Waals surface area contributed by atoms with Gasteiger partial charge in [-0.2, -0.15) is 5.10 Å². The topological polar surface area (TPSA) is 77.2 Å². The first kappa shape index (κ1) is 16.5. The first-order valence-corrected chi connectivity index (χ1v) is 7.63. The van der Waals surface area contributed by atoms with Crippen LogP contribution in [0, 0.1) is 6.92 Å². The molecule has 0 unspecified atom stereocenters. The van der Waals surface area contributed by atoms with Gasteiger partial charge in [-0.05, 0) is 31.2 Å². The summed E-state index contributed by atoms with van der Waals surface area (Å²) in [7, 11) is 3.11. The summed E-state index contributed by atoms with van der Waals surface area (Å²) in [6.07, 6.45) is 3.30. The van der Waals surface area contributed by atoms with Crippen LogP contribution in [-0.4, -0.2) is 35.7 Å². The number of aryl methyl sites for hydroxylation is 1. The Morgan fingerprint density at radius 1 is 1.20 bits per heavy atom. The highest BCUT2D eigenvalue weighted by Gasteiger charge is 2.15. The Morgan fingerprint density at radius 3 is 2.80 bits per heavy atom. The summed E-state index contributed by atoms with van der Waals surface area (Å²) in [6, 6.07) is 11.0. The van der Waals surface area contributed by atoms with E-state index in [1.807, 2.05) is 30.3 Å². The Kier molecular flexibility index (Phi) is 4.65. The Hall–Kier alpha value is -3.35. The minimum Gasteiger partial charge on any atom is -0.493 e. The van der Waals surface area contributed by atoms with Crippen molar-refractivity contribution in [3.63, 3.8) is 0 Å². The number of para-hydroxylation sites is 1. The zero-order chi connectivity index (χ0) is 17.8. The summed E-state index contributed by atoms with van der Waals surface area (Å²) in [4.78, 5) is 16.8. The van der Waals surface area contributed by atoms with E-state index < -0.39 is 0 Å². The number of nitrogens with zero attached hydrogens (tertiary/aromatic N) is 3. The van der Waals surface area contributed by atoms with Gasteiger partial charge >= 0.3 is 0 Å². The van der Waals surface area contributed by atoms with E-state index in [4.69, 9.17) is 9.47 Å². The molecule has 0 bridgehead atoms. The van der Waals surface area contributed by atoms with Crippen molar-refractivity contribution in [1.29, 1.82) is 0 Å². The minimum absolute atomic E-state index is 0.339. The van der Waals surface area contributed by atoms with Gasteiger partial charge in [-0.25, -0.2) is 10.4 Å². The maximum atomic E-state index is 12.5. The normalized spacial score (nSPS) is 11.0. The van der Waals surface area contributed by atoms with Crippen molar-refractivity contribution in [2.24, 2.45) is 5.10 Å². The fraction of sp³-hybridized carbons (Fsp3) is 0.167. The molecule has 0 aliphatic heterocycles. The third-order valence-electron chi connectivity index (χ3n) is 3.72. The van der Waals surface area contributed by atoms with Crippen LogP contribution in [0.5, 0.6) is 11.5 Å². The molecule has 2 heterocycles. The molecule has 7 nitrogen and oxygen atoms in total. The molecule has 2 aromatic heterocycles. The zero-order valence-corrected chi connectivity index (χ0v) is 14.2. The van der Waals surface area contributed by atoms with Gasteiger partial charge in [0.2, 0.25) is 0 Å². The molecule has 25 heavy (non-hydrogen) atoms. The summed E-state index contributed by atoms with van der Waals surface area (Å²) in [5, 5.41) is 4.03. The standard InChI is InChI=1S/C18H18N4O3/c1-12-16(22-10-5-4-9-15(22)20-12)18(23)21-19-11-13-7-6-8-14(24-2)17(13)25-3/h4-11H,1-3H3,(H,21,23)/b19-11-. The molecule has 0 saturated carbocycles. The lowest BCUT2D eigenvalue weighted by atomic mass is 10.2. The Balaban J connectivity index is 1.83. The van der Waals surface area contributed by atoms with Crippen molar-refractivity contribution in [2.45, 2.75) is 6.92 Å². The van der Waals surface area contributed by atoms with E-state index in [-0.39, 0.29) is 5.91 Å². The Labute approximate surface area is 144 Å². The third kappa shape index (κ3) is 3.16. The van der Waals surface area contributed by atoms with Crippen LogP contribution in [0.2, 0.25) is 0 Å². The number of hydrazone groups is 1. The van der Waals surface area contributed by atoms with Gasteiger partial charge in [-0.1, -0.05) is 12.1 Å². The van der Waals surface area contributed by atoms with Gasteiger partial charge in [0.05, 0.1) is 26.1 Å². The van der Waals surface area contributed by atoms with Crippen LogP contribution in [0.15, 0.2) is 47.7 Å². The van der Waals surface area contributed by atoms with Crippen LogP contribution in [0.25, 0.3) is 5.65 Å². The lowest BCUT2D eigenvalue weighted by molar-refractivity contribution is 0.0948. The molecular weight excluding hydrogens is 320 g/mol. The minimum atomic E-state index is -0.339. The van der Waals surface area contributed by atoms with Crippen molar-refractivity contribution >= 4 is 17.8 Å². The second-order valence-electron chi connectivity index (χ2n) is 5.26. The van der Waals surface area contributed by atoms with Gasteiger partial charge in [-0.15, -0.1) is 0 Å². The summed E-state index contributed by atoms with van der Waals surface area (Å²) in [6.45, 7) is 1.79. The lowest BCUT2D eigenvalue weighted by Crippen LogP contribution is -2.20. The second kappa shape index (κ2) is 7.04. The van der Waals surface area contributed by atoms with Crippen LogP contribution in [0.1, 0.15) is 21.7 Å². The van der Waals surface area contributed by atoms with Gasteiger partial charge < -0.3 is 9.47 Å². The number of rotatable bonds is 5. The number of hydrogen-bond acceptors (Lipinski definition) is 5. The van der Waals surface area contributed by atoms with Crippen molar-refractivity contribution in [3.05, 3.63) is 59.5 Å². The molecule has 3 rings (SSSR count). The monoisotopic (exact) mass is 338 g/mol. The first-order valence-electron chi connectivity index (χ1n) is 7.63. The number of fused-ring (bicyclic) bond motifs is 1. The molecule has 0 spiro atoms. The maximum Gasteiger partial charge on any atom is 0.290 e. The van der Waals surface area contributed by atoms with Gasteiger partial charge in [-0.3, -0.25) is 9.20 Å². The Morgan fingerprint density at radius 2 is 2.04 bits per heavy atom. The van der Waals surface area contributed by atoms with E-state index >= 15 is 0 Å². The van der Waals surface area contributed by atoms with Crippen molar-refractivity contribution in [2.75, 3.05) is 14.2 Å². The summed E-state index contributed by atoms with van der Waals surface area (Å²) < 4.78 is 12.3. The number of carbonyl (C=O) groups excluding carboxylic acids is 1. The number of nitrogens with one attached hydrogen (secondary N) is 1. The third-order valence-corrected chi connectivity index (χ3v) is 3.72. The van der Waals surface area contributed by atoms with Gasteiger partial charge in [0.25, 0.3) is 5.91 Å². The van der Waals surface area contributed by atoms with Crippen molar-refractivity contribution in [3.8, 4) is 11.5 Å². The molecule has 3 aromatic rings. The van der Waals surface area contributed by atoms with Gasteiger partial charge in [0.15, 0.2) is 11.5 Å². The SMILES string of the molecule is COc1cccc(/C=N\NC(=O)c2c(C)nc3ccccn23)c1OC. The van der Waals surface area contributed by atoms with Gasteiger partial charge in [0.1, 0.15) is 11.3 Å². The number of benzene rings is 1. The number of aromatic nitrogens is 2. The molecule has 0 aliphatic rings. The lowest BCUT2D eigenvalue weighted by Gasteiger charge is -2.09. The molecule has 0 saturated heterocycles. The first-order chi connectivity index (χ1) is 12.2. The number of imidazole rings is 1. The number of ether oxygens (including phenoxy) is 2. The van der Waals surface area contributed by atoms with Crippen LogP contribution in [-0.2, 0) is 0 Å². The molecule has 1 N–H and O–H groups in total. The van der Waals surface area contributed by atoms with Crippen molar-refractivity contribution in [1.82, 2.24) is 14.8 Å². The highest BCUT2D eigenvalue weighted by atomic mass is 16.5. The molecule has 0 aliphatic carbocycles. The number of methoxy groups -OCH3 is 2. The van der Waals surface area contributed by atoms with Gasteiger partial charge in [0, 0.05) is 11.8 Å². The summed E-state index contributed by atoms with van der Waals surface area (Å²) in [5.74, 6) is 0.804. The van der Waals surface area contributed by atoms with E-state index in [2.05, 4.69) is 15.5 Å². The predicted molar refractivity (Wildman–Crippen MR) is 94.5 cm³/mol. The quantitative estimate of drug-likeness (QED) is 0.572. The average Bonchev–Trinajstić information content (AvgIpc) is 2.97. The fourth-order valence-corrected chi connectivity index (χ4v) is 2.61. The van der Waals surface area contributed by atoms with Crippen LogP contribution in [0.4, 0.5) is 0 Å². The smallest absolute Gasteiger partial charge is 0.290 e. The molecule has 1 amide bonds. The number of hydrogen-bond donors (Lipinski definition) is 1. The maximum absolute atomic E-state index is 12.5. The highest BCUT2D eigenvalue weighted by molar-refractivity contribution is 5.95. The van der Waals surface area contributed by atoms with Crippen LogP contribution in [0.3, 0.4) is 0 Å². The van der Waals surface area contributed by atoms with E-state index in [0.29, 0.717) is 34.1 Å². The highest BCUT2D eigenvalue weighted by Crippen LogP contribution is 2.29. The van der Waals surface area contributed by atoms with E-state index in [0.717, 1.165) is 0 Å². The molecule has 0 fully saturated rings. The molecule has 0 atom stereocenters. The summed E-state index contributed by atoms with van der Waals surface area (Å²) in [5.41, 5.74) is 5.02. The summed E-state index contributed by atoms with van der Waals surface area (Å²) >= 11 is 0. The number of amides is 1. The zero-order valence-electron chi connectivity index (χ0n) is 14.2. The van der Waals surface area contributed by atoms with Crippen LogP contribution < -0.4 is 14.9 Å². The molecule has 1 aromatic carbocycles. The van der Waals surface area contributed by atoms with Crippen molar-refractivity contribution < 1.29 is 14.3 Å². The Bertz CT molecular complexity index is 947. The van der Waals surface area contributed by atoms with E-state index in [1.165, 1.54) is 6.21 Å². The second-order valence-corrected chi connectivity index (χ2v) is 5.26. The average molecular weight is 338 g/mol. The fourth-order valence-electron chi connectivity index (χ4n) is 2.61.